The normalized spacial score (nSPS) is 16.8. The van der Waals surface area contributed by atoms with E-state index in [1.54, 1.807) is 19.1 Å². The number of halogens is 3. The van der Waals surface area contributed by atoms with Crippen molar-refractivity contribution in [1.82, 2.24) is 15.1 Å². The van der Waals surface area contributed by atoms with E-state index in [0.717, 1.165) is 18.0 Å². The van der Waals surface area contributed by atoms with Crippen LogP contribution in [0, 0.1) is 25.7 Å². The Morgan fingerprint density at radius 3 is 2.18 bits per heavy atom. The molecule has 1 aromatic heterocycles. The van der Waals surface area contributed by atoms with Gasteiger partial charge in [-0.25, -0.2) is 4.21 Å². The Balaban J connectivity index is 0.000000499. The molecular weight excluding hydrogens is 597 g/mol. The Morgan fingerprint density at radius 2 is 1.70 bits per heavy atom. The molecule has 0 saturated carbocycles. The minimum absolute atomic E-state index is 0.0549. The molecule has 1 fully saturated rings. The van der Waals surface area contributed by atoms with Crippen molar-refractivity contribution in [2.75, 3.05) is 39.5 Å². The lowest BCUT2D eigenvalue weighted by molar-refractivity contribution is -0.137. The molecule has 14 heteroatoms. The highest BCUT2D eigenvalue weighted by Gasteiger charge is 2.35. The number of carbonyl (C=O) groups excluding carboxylic acids is 1. The standard InChI is InChI=1S/C16H13F3N4O4S.C8H18N2.C4H10.C2H2/c1-8-2-3-9(27-8)6-20-14-15(23-28(26)22-14)21-12-5-4-11(16(17,18)19)10(7-24)13(12)25;1-9(2)8-4-6-10(3)7-5-8;1-4(2)3;1-2/h2-5,7,25H,6H2,1H3,(H,20,22)(H,21,23);8H,4-7H2,1-3H3;4H,1-3H3;1-2H. The number of benzene rings is 1. The van der Waals surface area contributed by atoms with E-state index in [2.05, 4.69) is 84.0 Å². The summed E-state index contributed by atoms with van der Waals surface area (Å²) in [6, 6.07) is 5.88. The lowest BCUT2D eigenvalue weighted by Gasteiger charge is -2.32. The summed E-state index contributed by atoms with van der Waals surface area (Å²) in [4.78, 5) is 15.8. The van der Waals surface area contributed by atoms with Gasteiger partial charge in [-0.15, -0.1) is 21.6 Å². The number of amidine groups is 2. The topological polar surface area (TPSA) is 123 Å². The van der Waals surface area contributed by atoms with Crippen molar-refractivity contribution in [3.63, 3.8) is 0 Å². The zero-order valence-corrected chi connectivity index (χ0v) is 27.1. The molecule has 1 atom stereocenters. The maximum atomic E-state index is 12.9. The molecule has 0 amide bonds. The number of phenols is 1. The molecule has 0 radical (unpaired) electrons. The van der Waals surface area contributed by atoms with Gasteiger partial charge in [-0.2, -0.15) is 13.2 Å². The Hall–Kier alpha value is -3.67. The van der Waals surface area contributed by atoms with E-state index in [1.807, 2.05) is 0 Å². The number of likely N-dealkylation sites (tertiary alicyclic amines) is 1. The molecule has 0 bridgehead atoms. The average Bonchev–Trinajstić information content (AvgIpc) is 3.53. The first-order chi connectivity index (χ1) is 20.6. The molecule has 2 aliphatic rings. The summed E-state index contributed by atoms with van der Waals surface area (Å²) < 4.78 is 63.3. The second-order valence-electron chi connectivity index (χ2n) is 10.9. The third-order valence-electron chi connectivity index (χ3n) is 6.10. The highest BCUT2D eigenvalue weighted by atomic mass is 32.2. The number of hydrogen-bond donors (Lipinski definition) is 3. The van der Waals surface area contributed by atoms with Gasteiger partial charge in [0.1, 0.15) is 17.3 Å². The molecular formula is C30H43F3N6O4S. The summed E-state index contributed by atoms with van der Waals surface area (Å²) in [6.45, 7) is 11.0. The number of phenolic OH excluding ortho intramolecular Hbond substituents is 1. The van der Waals surface area contributed by atoms with Gasteiger partial charge in [-0.05, 0) is 84.2 Å². The van der Waals surface area contributed by atoms with Crippen molar-refractivity contribution in [2.24, 2.45) is 14.7 Å². The summed E-state index contributed by atoms with van der Waals surface area (Å²) in [5, 5.41) is 15.4. The van der Waals surface area contributed by atoms with Crippen LogP contribution in [0.5, 0.6) is 5.75 Å². The molecule has 3 N–H and O–H groups in total. The quantitative estimate of drug-likeness (QED) is 0.230. The fourth-order valence-corrected chi connectivity index (χ4v) is 4.56. The lowest BCUT2D eigenvalue weighted by atomic mass is 10.1. The summed E-state index contributed by atoms with van der Waals surface area (Å²) in [7, 11) is 6.55. The highest BCUT2D eigenvalue weighted by Crippen LogP contribution is 2.38. The second kappa shape index (κ2) is 18.2. The van der Waals surface area contributed by atoms with Gasteiger partial charge in [-0.3, -0.25) is 4.79 Å². The van der Waals surface area contributed by atoms with Crippen LogP contribution in [-0.4, -0.2) is 77.3 Å². The minimum Gasteiger partial charge on any atom is -0.505 e. The number of furan rings is 1. The number of anilines is 1. The number of nitrogens with one attached hydrogen (secondary N) is 2. The van der Waals surface area contributed by atoms with Crippen molar-refractivity contribution in [3.05, 3.63) is 46.9 Å². The van der Waals surface area contributed by atoms with Crippen molar-refractivity contribution in [1.29, 1.82) is 0 Å². The van der Waals surface area contributed by atoms with Crippen LogP contribution in [0.25, 0.3) is 0 Å². The monoisotopic (exact) mass is 640 g/mol. The van der Waals surface area contributed by atoms with Gasteiger partial charge < -0.3 is 30.0 Å². The largest absolute Gasteiger partial charge is 0.505 e. The van der Waals surface area contributed by atoms with Crippen LogP contribution in [0.4, 0.5) is 18.9 Å². The number of carbonyl (C=O) groups is 1. The first kappa shape index (κ1) is 38.4. The zero-order chi connectivity index (χ0) is 33.6. The number of nitrogens with zero attached hydrogens (tertiary/aromatic N) is 4. The smallest absolute Gasteiger partial charge is 0.417 e. The number of hydrogen-bond acceptors (Lipinski definition) is 8. The highest BCUT2D eigenvalue weighted by molar-refractivity contribution is 7.83. The summed E-state index contributed by atoms with van der Waals surface area (Å²) in [5.74, 6) is 1.16. The molecule has 44 heavy (non-hydrogen) atoms. The van der Waals surface area contributed by atoms with Crippen LogP contribution in [0.1, 0.15) is 61.1 Å². The van der Waals surface area contributed by atoms with Crippen LogP contribution in [0.15, 0.2) is 37.5 Å². The molecule has 2 aliphatic heterocycles. The number of aldehydes is 1. The van der Waals surface area contributed by atoms with Crippen molar-refractivity contribution in [3.8, 4) is 18.6 Å². The molecule has 0 spiro atoms. The summed E-state index contributed by atoms with van der Waals surface area (Å²) >= 11 is -1.95. The van der Waals surface area contributed by atoms with Gasteiger partial charge >= 0.3 is 6.18 Å². The number of terminal acetylenes is 1. The van der Waals surface area contributed by atoms with E-state index in [0.29, 0.717) is 17.6 Å². The average molecular weight is 641 g/mol. The first-order valence-electron chi connectivity index (χ1n) is 13.8. The molecule has 244 valence electrons. The zero-order valence-electron chi connectivity index (χ0n) is 26.2. The second-order valence-corrected chi connectivity index (χ2v) is 11.7. The summed E-state index contributed by atoms with van der Waals surface area (Å²) in [6.07, 6.45) is 5.77. The first-order valence-corrected chi connectivity index (χ1v) is 14.9. The van der Waals surface area contributed by atoms with Crippen molar-refractivity contribution >= 4 is 34.8 Å². The predicted octanol–water partition coefficient (Wildman–Crippen LogP) is 5.27. The molecule has 2 aromatic rings. The Kier molecular flexibility index (Phi) is 15.9. The molecule has 1 unspecified atom stereocenters. The van der Waals surface area contributed by atoms with Crippen LogP contribution in [0.2, 0.25) is 0 Å². The van der Waals surface area contributed by atoms with Crippen LogP contribution < -0.4 is 10.6 Å². The van der Waals surface area contributed by atoms with Gasteiger partial charge in [0, 0.05) is 6.04 Å². The number of aromatic hydroxyl groups is 1. The van der Waals surface area contributed by atoms with E-state index < -0.39 is 34.2 Å². The van der Waals surface area contributed by atoms with Crippen molar-refractivity contribution < 1.29 is 31.7 Å². The number of rotatable bonds is 5. The third kappa shape index (κ3) is 12.5. The van der Waals surface area contributed by atoms with E-state index >= 15 is 0 Å². The van der Waals surface area contributed by atoms with Gasteiger partial charge in [0.25, 0.3) is 11.2 Å². The number of alkyl halides is 3. The molecule has 1 saturated heterocycles. The van der Waals surface area contributed by atoms with Gasteiger partial charge in [0.2, 0.25) is 0 Å². The SMILES string of the molecule is C#C.CC(C)C.CN1CCC(N(C)C)CC1.Cc1ccc(CNC2=NS(=O)N=C2Nc2ccc(C(F)(F)F)c(C=O)c2O)o1. The van der Waals surface area contributed by atoms with Crippen LogP contribution in [0.3, 0.4) is 0 Å². The minimum atomic E-state index is -4.81. The fourth-order valence-electron chi connectivity index (χ4n) is 3.93. The van der Waals surface area contributed by atoms with E-state index in [4.69, 9.17) is 4.42 Å². The molecule has 4 rings (SSSR count). The molecule has 10 nitrogen and oxygen atoms in total. The van der Waals surface area contributed by atoms with Crippen LogP contribution in [-0.2, 0) is 23.9 Å². The summed E-state index contributed by atoms with van der Waals surface area (Å²) in [5.41, 5.74) is -2.42. The number of aryl methyl sites for hydroxylation is 1. The van der Waals surface area contributed by atoms with Gasteiger partial charge in [0.05, 0.1) is 23.4 Å². The maximum absolute atomic E-state index is 12.9. The Bertz CT molecular complexity index is 1310. The molecule has 0 aliphatic carbocycles. The van der Waals surface area contributed by atoms with E-state index in [9.17, 15) is 27.3 Å². The number of piperidine rings is 1. The predicted molar refractivity (Wildman–Crippen MR) is 170 cm³/mol. The van der Waals surface area contributed by atoms with Crippen molar-refractivity contribution in [2.45, 2.75) is 59.3 Å². The van der Waals surface area contributed by atoms with Gasteiger partial charge in [0.15, 0.2) is 18.0 Å². The van der Waals surface area contributed by atoms with Crippen LogP contribution >= 0.6 is 0 Å². The maximum Gasteiger partial charge on any atom is 0.417 e. The molecule has 3 heterocycles. The Labute approximate surface area is 260 Å². The molecule has 1 aromatic carbocycles. The van der Waals surface area contributed by atoms with E-state index in [-0.39, 0.29) is 30.2 Å². The third-order valence-corrected chi connectivity index (χ3v) is 6.78. The lowest BCUT2D eigenvalue weighted by Crippen LogP contribution is -2.40. The Morgan fingerprint density at radius 1 is 1.14 bits per heavy atom. The van der Waals surface area contributed by atoms with E-state index in [1.165, 1.54) is 25.9 Å². The van der Waals surface area contributed by atoms with Gasteiger partial charge in [-0.1, -0.05) is 20.8 Å². The fraction of sp³-hybridized carbons (Fsp3) is 0.500.